The Balaban J connectivity index is 2.12. The molecule has 2 aromatic heterocycles. The first kappa shape index (κ1) is 14.5. The minimum Gasteiger partial charge on any atom is -0.481 e. The molecule has 0 radical (unpaired) electrons. The number of hydrogen-bond donors (Lipinski definition) is 1. The fraction of sp³-hybridized carbons (Fsp3) is 0.467. The number of aromatic nitrogens is 3. The standard InChI is InChI=1S/C15H22N4O/c1-15(2,3)18-10-13-16-8-9-19(13)11-12-6-5-7-17-14(12)20-4/h5-9,18H,10-11H2,1-4H3. The second-order valence-electron chi connectivity index (χ2n) is 5.75. The molecule has 0 aliphatic carbocycles. The third kappa shape index (κ3) is 3.81. The molecule has 0 aliphatic rings. The van der Waals surface area contributed by atoms with Crippen molar-refractivity contribution < 1.29 is 4.74 Å². The van der Waals surface area contributed by atoms with Crippen LogP contribution in [0.3, 0.4) is 0 Å². The first-order chi connectivity index (χ1) is 9.49. The zero-order valence-corrected chi connectivity index (χ0v) is 12.6. The monoisotopic (exact) mass is 274 g/mol. The molecule has 2 rings (SSSR count). The number of methoxy groups -OCH3 is 1. The van der Waals surface area contributed by atoms with E-state index in [1.165, 1.54) is 0 Å². The summed E-state index contributed by atoms with van der Waals surface area (Å²) in [7, 11) is 1.64. The van der Waals surface area contributed by atoms with Crippen LogP contribution in [0.4, 0.5) is 0 Å². The van der Waals surface area contributed by atoms with Crippen LogP contribution in [-0.2, 0) is 13.1 Å². The maximum atomic E-state index is 5.29. The van der Waals surface area contributed by atoms with Gasteiger partial charge in [0.2, 0.25) is 5.88 Å². The van der Waals surface area contributed by atoms with Crippen molar-refractivity contribution in [2.24, 2.45) is 0 Å². The van der Waals surface area contributed by atoms with Gasteiger partial charge in [0.1, 0.15) is 5.82 Å². The minimum atomic E-state index is 0.0722. The highest BCUT2D eigenvalue weighted by molar-refractivity contribution is 5.25. The van der Waals surface area contributed by atoms with Crippen molar-refractivity contribution in [1.82, 2.24) is 19.9 Å². The molecule has 0 atom stereocenters. The van der Waals surface area contributed by atoms with Crippen LogP contribution in [0, 0.1) is 0 Å². The Bertz CT molecular complexity index is 557. The molecule has 0 saturated carbocycles. The average Bonchev–Trinajstić information content (AvgIpc) is 2.83. The van der Waals surface area contributed by atoms with Gasteiger partial charge in [-0.3, -0.25) is 0 Å². The molecule has 2 aromatic rings. The van der Waals surface area contributed by atoms with Crippen LogP contribution in [0.25, 0.3) is 0 Å². The largest absolute Gasteiger partial charge is 0.481 e. The summed E-state index contributed by atoms with van der Waals surface area (Å²) in [5.74, 6) is 1.67. The zero-order valence-electron chi connectivity index (χ0n) is 12.6. The van der Waals surface area contributed by atoms with Crippen LogP contribution < -0.4 is 10.1 Å². The first-order valence-electron chi connectivity index (χ1n) is 6.72. The van der Waals surface area contributed by atoms with Crippen molar-refractivity contribution in [2.45, 2.75) is 39.4 Å². The van der Waals surface area contributed by atoms with E-state index in [2.05, 4.69) is 40.6 Å². The third-order valence-electron chi connectivity index (χ3n) is 2.96. The van der Waals surface area contributed by atoms with Crippen molar-refractivity contribution in [3.63, 3.8) is 0 Å². The van der Waals surface area contributed by atoms with E-state index in [1.807, 2.05) is 24.5 Å². The van der Waals surface area contributed by atoms with Gasteiger partial charge in [0.15, 0.2) is 0 Å². The Hall–Kier alpha value is -1.88. The maximum absolute atomic E-state index is 5.29. The highest BCUT2D eigenvalue weighted by Crippen LogP contribution is 2.16. The molecule has 5 heteroatoms. The Morgan fingerprint density at radius 1 is 1.25 bits per heavy atom. The summed E-state index contributed by atoms with van der Waals surface area (Å²) >= 11 is 0. The molecule has 2 heterocycles. The van der Waals surface area contributed by atoms with Crippen molar-refractivity contribution in [3.05, 3.63) is 42.1 Å². The molecule has 108 valence electrons. The summed E-state index contributed by atoms with van der Waals surface area (Å²) in [6.45, 7) is 7.87. The van der Waals surface area contributed by atoms with E-state index in [0.29, 0.717) is 12.4 Å². The van der Waals surface area contributed by atoms with Crippen LogP contribution >= 0.6 is 0 Å². The van der Waals surface area contributed by atoms with Gasteiger partial charge in [-0.15, -0.1) is 0 Å². The van der Waals surface area contributed by atoms with E-state index < -0.39 is 0 Å². The van der Waals surface area contributed by atoms with Gasteiger partial charge in [-0.05, 0) is 26.8 Å². The van der Waals surface area contributed by atoms with Crippen LogP contribution in [0.5, 0.6) is 5.88 Å². The molecule has 0 unspecified atom stereocenters. The summed E-state index contributed by atoms with van der Waals surface area (Å²) in [4.78, 5) is 8.63. The van der Waals surface area contributed by atoms with Crippen molar-refractivity contribution in [3.8, 4) is 5.88 Å². The number of rotatable bonds is 5. The van der Waals surface area contributed by atoms with Gasteiger partial charge in [-0.25, -0.2) is 9.97 Å². The molecule has 0 bridgehead atoms. The Morgan fingerprint density at radius 2 is 2.05 bits per heavy atom. The van der Waals surface area contributed by atoms with E-state index in [0.717, 1.165) is 17.9 Å². The van der Waals surface area contributed by atoms with E-state index in [4.69, 9.17) is 4.74 Å². The summed E-state index contributed by atoms with van der Waals surface area (Å²) in [6, 6.07) is 3.94. The molecule has 0 aromatic carbocycles. The molecule has 20 heavy (non-hydrogen) atoms. The van der Waals surface area contributed by atoms with Gasteiger partial charge in [0.05, 0.1) is 20.2 Å². The lowest BCUT2D eigenvalue weighted by Gasteiger charge is -2.20. The molecule has 0 fully saturated rings. The molecular formula is C15H22N4O. The summed E-state index contributed by atoms with van der Waals surface area (Å²) in [5, 5.41) is 3.45. The van der Waals surface area contributed by atoms with E-state index >= 15 is 0 Å². The molecule has 0 saturated heterocycles. The number of pyridine rings is 1. The summed E-state index contributed by atoms with van der Waals surface area (Å²) in [6.07, 6.45) is 5.53. The van der Waals surface area contributed by atoms with Crippen LogP contribution in [0.2, 0.25) is 0 Å². The van der Waals surface area contributed by atoms with E-state index in [9.17, 15) is 0 Å². The highest BCUT2D eigenvalue weighted by Gasteiger charge is 2.12. The molecule has 5 nitrogen and oxygen atoms in total. The number of imidazole rings is 1. The Morgan fingerprint density at radius 3 is 2.75 bits per heavy atom. The Kier molecular flexibility index (Phi) is 4.39. The number of nitrogens with one attached hydrogen (secondary N) is 1. The zero-order chi connectivity index (χ0) is 14.6. The predicted molar refractivity (Wildman–Crippen MR) is 78.7 cm³/mol. The molecule has 0 aliphatic heterocycles. The Labute approximate surface area is 120 Å². The molecule has 0 spiro atoms. The topological polar surface area (TPSA) is 52.0 Å². The highest BCUT2D eigenvalue weighted by atomic mass is 16.5. The van der Waals surface area contributed by atoms with Crippen molar-refractivity contribution in [2.75, 3.05) is 7.11 Å². The minimum absolute atomic E-state index is 0.0722. The first-order valence-corrected chi connectivity index (χ1v) is 6.72. The summed E-state index contributed by atoms with van der Waals surface area (Å²) < 4.78 is 7.40. The lowest BCUT2D eigenvalue weighted by atomic mass is 10.1. The predicted octanol–water partition coefficient (Wildman–Crippen LogP) is 2.22. The van der Waals surface area contributed by atoms with Crippen LogP contribution in [-0.4, -0.2) is 27.2 Å². The van der Waals surface area contributed by atoms with Gasteiger partial charge >= 0.3 is 0 Å². The number of hydrogen-bond acceptors (Lipinski definition) is 4. The molecule has 0 amide bonds. The van der Waals surface area contributed by atoms with Crippen LogP contribution in [0.1, 0.15) is 32.2 Å². The van der Waals surface area contributed by atoms with E-state index in [-0.39, 0.29) is 5.54 Å². The van der Waals surface area contributed by atoms with Gasteiger partial charge < -0.3 is 14.6 Å². The normalized spacial score (nSPS) is 11.6. The van der Waals surface area contributed by atoms with Crippen LogP contribution in [0.15, 0.2) is 30.7 Å². The second-order valence-corrected chi connectivity index (χ2v) is 5.75. The fourth-order valence-corrected chi connectivity index (χ4v) is 1.91. The lowest BCUT2D eigenvalue weighted by molar-refractivity contribution is 0.389. The molecular weight excluding hydrogens is 252 g/mol. The van der Waals surface area contributed by atoms with Crippen molar-refractivity contribution in [1.29, 1.82) is 0 Å². The lowest BCUT2D eigenvalue weighted by Crippen LogP contribution is -2.36. The van der Waals surface area contributed by atoms with Gasteiger partial charge in [-0.2, -0.15) is 0 Å². The number of nitrogens with zero attached hydrogens (tertiary/aromatic N) is 3. The third-order valence-corrected chi connectivity index (χ3v) is 2.96. The SMILES string of the molecule is COc1ncccc1Cn1ccnc1CNC(C)(C)C. The van der Waals surface area contributed by atoms with Crippen molar-refractivity contribution >= 4 is 0 Å². The number of ether oxygens (including phenoxy) is 1. The van der Waals surface area contributed by atoms with Gasteiger partial charge in [0.25, 0.3) is 0 Å². The smallest absolute Gasteiger partial charge is 0.218 e. The quantitative estimate of drug-likeness (QED) is 0.908. The van der Waals surface area contributed by atoms with E-state index in [1.54, 1.807) is 13.3 Å². The second kappa shape index (κ2) is 6.05. The molecule has 1 N–H and O–H groups in total. The maximum Gasteiger partial charge on any atom is 0.218 e. The fourth-order valence-electron chi connectivity index (χ4n) is 1.91. The average molecular weight is 274 g/mol. The van der Waals surface area contributed by atoms with Gasteiger partial charge in [-0.1, -0.05) is 6.07 Å². The van der Waals surface area contributed by atoms with Gasteiger partial charge in [0, 0.05) is 29.7 Å². The summed E-state index contributed by atoms with van der Waals surface area (Å²) in [5.41, 5.74) is 1.12.